The van der Waals surface area contributed by atoms with Crippen molar-refractivity contribution in [2.45, 2.75) is 27.2 Å². The second-order valence-electron chi connectivity index (χ2n) is 5.23. The van der Waals surface area contributed by atoms with Crippen LogP contribution in [0.2, 0.25) is 0 Å². The van der Waals surface area contributed by atoms with Crippen LogP contribution in [0.25, 0.3) is 0 Å². The smallest absolute Gasteiger partial charge is 0.227 e. The number of benzene rings is 1. The highest BCUT2D eigenvalue weighted by Crippen LogP contribution is 2.23. The number of carbonyl (C=O) groups excluding carboxylic acids is 2. The lowest BCUT2D eigenvalue weighted by atomic mass is 10.2. The van der Waals surface area contributed by atoms with Gasteiger partial charge in [0.15, 0.2) is 5.82 Å². The van der Waals surface area contributed by atoms with E-state index in [9.17, 15) is 9.59 Å². The molecule has 0 unspecified atom stereocenters. The van der Waals surface area contributed by atoms with Gasteiger partial charge in [-0.3, -0.25) is 9.59 Å². The summed E-state index contributed by atoms with van der Waals surface area (Å²) in [5.41, 5.74) is 1.79. The van der Waals surface area contributed by atoms with Crippen LogP contribution in [-0.4, -0.2) is 23.5 Å². The number of aromatic nitrogens is 1. The molecule has 6 nitrogen and oxygen atoms in total. The topological polar surface area (TPSA) is 75.4 Å². The summed E-state index contributed by atoms with van der Waals surface area (Å²) in [6, 6.07) is 7.28. The van der Waals surface area contributed by atoms with Crippen molar-refractivity contribution in [3.05, 3.63) is 40.1 Å². The zero-order valence-electron chi connectivity index (χ0n) is 13.2. The first-order chi connectivity index (χ1) is 10.9. The van der Waals surface area contributed by atoms with Crippen molar-refractivity contribution in [3.63, 3.8) is 0 Å². The van der Waals surface area contributed by atoms with Crippen LogP contribution in [0.3, 0.4) is 0 Å². The molecule has 0 bridgehead atoms. The lowest BCUT2D eigenvalue weighted by Gasteiger charge is -2.21. The van der Waals surface area contributed by atoms with E-state index in [0.717, 1.165) is 15.7 Å². The summed E-state index contributed by atoms with van der Waals surface area (Å²) >= 11 is 3.43. The second-order valence-corrected chi connectivity index (χ2v) is 6.08. The van der Waals surface area contributed by atoms with Crippen LogP contribution >= 0.6 is 15.9 Å². The van der Waals surface area contributed by atoms with E-state index in [2.05, 4.69) is 26.4 Å². The standard InChI is InChI=1S/C16H18BrN3O3/c1-10-8-13(4-5-14(10)17)20(12(3)21)7-6-16(22)18-15-9-11(2)23-19-15/h4-5,8-9H,6-7H2,1-3H3,(H,18,19,22). The van der Waals surface area contributed by atoms with Crippen LogP contribution in [-0.2, 0) is 9.59 Å². The van der Waals surface area contributed by atoms with Crippen LogP contribution in [0.4, 0.5) is 11.5 Å². The van der Waals surface area contributed by atoms with Gasteiger partial charge >= 0.3 is 0 Å². The molecule has 0 aliphatic heterocycles. The average Bonchev–Trinajstić information content (AvgIpc) is 2.87. The third kappa shape index (κ3) is 4.66. The van der Waals surface area contributed by atoms with Crippen molar-refractivity contribution >= 4 is 39.2 Å². The largest absolute Gasteiger partial charge is 0.360 e. The van der Waals surface area contributed by atoms with Crippen LogP contribution in [0, 0.1) is 13.8 Å². The Labute approximate surface area is 143 Å². The van der Waals surface area contributed by atoms with Gasteiger partial charge in [0.1, 0.15) is 5.76 Å². The molecule has 7 heteroatoms. The van der Waals surface area contributed by atoms with E-state index in [4.69, 9.17) is 4.52 Å². The first kappa shape index (κ1) is 17.2. The predicted octanol–water partition coefficient (Wildman–Crippen LogP) is 3.44. The Bertz CT molecular complexity index is 727. The van der Waals surface area contributed by atoms with Crippen molar-refractivity contribution in [1.82, 2.24) is 5.16 Å². The average molecular weight is 380 g/mol. The highest BCUT2D eigenvalue weighted by Gasteiger charge is 2.15. The molecule has 0 saturated carbocycles. The maximum atomic E-state index is 12.0. The number of nitrogens with one attached hydrogen (secondary N) is 1. The Balaban J connectivity index is 2.00. The highest BCUT2D eigenvalue weighted by atomic mass is 79.9. The fourth-order valence-corrected chi connectivity index (χ4v) is 2.36. The molecule has 0 fully saturated rings. The van der Waals surface area contributed by atoms with E-state index in [1.54, 1.807) is 17.9 Å². The summed E-state index contributed by atoms with van der Waals surface area (Å²) in [7, 11) is 0. The number of amides is 2. The molecule has 23 heavy (non-hydrogen) atoms. The normalized spacial score (nSPS) is 10.4. The van der Waals surface area contributed by atoms with Crippen molar-refractivity contribution in [2.24, 2.45) is 0 Å². The van der Waals surface area contributed by atoms with Crippen LogP contribution in [0.1, 0.15) is 24.7 Å². The van der Waals surface area contributed by atoms with Gasteiger partial charge < -0.3 is 14.7 Å². The highest BCUT2D eigenvalue weighted by molar-refractivity contribution is 9.10. The number of hydrogen-bond acceptors (Lipinski definition) is 4. The van der Waals surface area contributed by atoms with Crippen molar-refractivity contribution in [3.8, 4) is 0 Å². The van der Waals surface area contributed by atoms with Gasteiger partial charge in [-0.1, -0.05) is 21.1 Å². The summed E-state index contributed by atoms with van der Waals surface area (Å²) < 4.78 is 5.87. The van der Waals surface area contributed by atoms with Crippen molar-refractivity contribution in [1.29, 1.82) is 0 Å². The third-order valence-electron chi connectivity index (χ3n) is 3.29. The number of anilines is 2. The molecule has 2 aromatic rings. The Morgan fingerprint density at radius 2 is 2.04 bits per heavy atom. The predicted molar refractivity (Wildman–Crippen MR) is 91.4 cm³/mol. The number of hydrogen-bond donors (Lipinski definition) is 1. The van der Waals surface area contributed by atoms with Crippen LogP contribution < -0.4 is 10.2 Å². The summed E-state index contributed by atoms with van der Waals surface area (Å²) in [6.07, 6.45) is 0.167. The molecule has 2 amide bonds. The first-order valence-electron chi connectivity index (χ1n) is 7.14. The molecule has 0 radical (unpaired) electrons. The SMILES string of the molecule is CC(=O)N(CCC(=O)Nc1cc(C)on1)c1ccc(Br)c(C)c1. The lowest BCUT2D eigenvalue weighted by molar-refractivity contribution is -0.117. The minimum absolute atomic E-state index is 0.114. The first-order valence-corrected chi connectivity index (χ1v) is 7.93. The van der Waals surface area contributed by atoms with Gasteiger partial charge in [0.05, 0.1) is 0 Å². The molecule has 122 valence electrons. The van der Waals surface area contributed by atoms with Gasteiger partial charge in [0, 0.05) is 36.1 Å². The number of aryl methyl sites for hydroxylation is 2. The number of halogens is 1. The monoisotopic (exact) mass is 379 g/mol. The van der Waals surface area contributed by atoms with E-state index >= 15 is 0 Å². The molecular formula is C16H18BrN3O3. The molecule has 0 aliphatic rings. The summed E-state index contributed by atoms with van der Waals surface area (Å²) in [6.45, 7) is 5.47. The molecule has 0 aliphatic carbocycles. The molecule has 1 N–H and O–H groups in total. The van der Waals surface area contributed by atoms with Crippen molar-refractivity contribution in [2.75, 3.05) is 16.8 Å². The number of rotatable bonds is 5. The molecule has 0 saturated heterocycles. The molecule has 2 rings (SSSR count). The second kappa shape index (κ2) is 7.41. The Kier molecular flexibility index (Phi) is 5.54. The van der Waals surface area contributed by atoms with Gasteiger partial charge in [-0.15, -0.1) is 0 Å². The number of carbonyl (C=O) groups is 2. The minimum Gasteiger partial charge on any atom is -0.360 e. The third-order valence-corrected chi connectivity index (χ3v) is 4.18. The fraction of sp³-hybridized carbons (Fsp3) is 0.312. The van der Waals surface area contributed by atoms with E-state index in [0.29, 0.717) is 18.1 Å². The zero-order valence-corrected chi connectivity index (χ0v) is 14.8. The maximum absolute atomic E-state index is 12.0. The van der Waals surface area contributed by atoms with Crippen LogP contribution in [0.15, 0.2) is 33.3 Å². The van der Waals surface area contributed by atoms with Gasteiger partial charge in [0.2, 0.25) is 11.8 Å². The minimum atomic E-state index is -0.224. The molecule has 0 atom stereocenters. The maximum Gasteiger partial charge on any atom is 0.227 e. The quantitative estimate of drug-likeness (QED) is 0.862. The van der Waals surface area contributed by atoms with E-state index in [1.807, 2.05) is 25.1 Å². The molecule has 1 aromatic heterocycles. The van der Waals surface area contributed by atoms with E-state index < -0.39 is 0 Å². The molecule has 0 spiro atoms. The Hall–Kier alpha value is -2.15. The Morgan fingerprint density at radius 3 is 2.61 bits per heavy atom. The van der Waals surface area contributed by atoms with Gasteiger partial charge in [-0.2, -0.15) is 0 Å². The fourth-order valence-electron chi connectivity index (χ4n) is 2.11. The summed E-state index contributed by atoms with van der Waals surface area (Å²) in [5.74, 6) is 0.660. The summed E-state index contributed by atoms with van der Waals surface area (Å²) in [4.78, 5) is 25.4. The van der Waals surface area contributed by atoms with Crippen molar-refractivity contribution < 1.29 is 14.1 Å². The van der Waals surface area contributed by atoms with E-state index in [1.165, 1.54) is 6.92 Å². The van der Waals surface area contributed by atoms with E-state index in [-0.39, 0.29) is 18.2 Å². The van der Waals surface area contributed by atoms with Gasteiger partial charge in [-0.05, 0) is 37.6 Å². The zero-order chi connectivity index (χ0) is 17.0. The summed E-state index contributed by atoms with van der Waals surface area (Å²) in [5, 5.41) is 6.34. The number of nitrogens with zero attached hydrogens (tertiary/aromatic N) is 2. The van der Waals surface area contributed by atoms with Gasteiger partial charge in [-0.25, -0.2) is 0 Å². The Morgan fingerprint density at radius 1 is 1.30 bits per heavy atom. The molecular weight excluding hydrogens is 362 g/mol. The molecule has 1 heterocycles. The van der Waals surface area contributed by atoms with Gasteiger partial charge in [0.25, 0.3) is 0 Å². The van der Waals surface area contributed by atoms with Crippen LogP contribution in [0.5, 0.6) is 0 Å². The lowest BCUT2D eigenvalue weighted by Crippen LogP contribution is -2.32. The molecule has 1 aromatic carbocycles.